The lowest BCUT2D eigenvalue weighted by Gasteiger charge is -2.15. The summed E-state index contributed by atoms with van der Waals surface area (Å²) in [5.74, 6) is -0.494. The first-order valence-electron chi connectivity index (χ1n) is 6.60. The van der Waals surface area contributed by atoms with Crippen LogP contribution in [-0.4, -0.2) is 33.2 Å². The molecule has 1 fully saturated rings. The second-order valence-corrected chi connectivity index (χ2v) is 5.72. The van der Waals surface area contributed by atoms with Crippen molar-refractivity contribution in [3.05, 3.63) is 41.7 Å². The molecule has 3 rings (SSSR count). The van der Waals surface area contributed by atoms with Crippen LogP contribution < -0.4 is 5.32 Å². The third-order valence-electron chi connectivity index (χ3n) is 3.33. The molecule has 0 spiro atoms. The number of amides is 2. The van der Waals surface area contributed by atoms with Gasteiger partial charge in [-0.1, -0.05) is 6.07 Å². The van der Waals surface area contributed by atoms with Gasteiger partial charge in [0.1, 0.15) is 0 Å². The van der Waals surface area contributed by atoms with Crippen molar-refractivity contribution in [2.75, 3.05) is 11.9 Å². The number of anilines is 1. The van der Waals surface area contributed by atoms with Crippen LogP contribution in [0.4, 0.5) is 5.13 Å². The molecule has 7 heteroatoms. The maximum absolute atomic E-state index is 12.1. The molecular formula is C14H14N4O2S. The lowest BCUT2D eigenvalue weighted by Crippen LogP contribution is -2.28. The Balaban J connectivity index is 1.60. The van der Waals surface area contributed by atoms with Crippen LogP contribution in [0.3, 0.4) is 0 Å². The van der Waals surface area contributed by atoms with Crippen molar-refractivity contribution in [1.29, 1.82) is 0 Å². The molecule has 2 aromatic heterocycles. The highest BCUT2D eigenvalue weighted by atomic mass is 32.1. The van der Waals surface area contributed by atoms with Gasteiger partial charge in [-0.3, -0.25) is 14.6 Å². The molecule has 2 amide bonds. The van der Waals surface area contributed by atoms with Crippen LogP contribution in [-0.2, 0) is 16.1 Å². The Kier molecular flexibility index (Phi) is 3.92. The van der Waals surface area contributed by atoms with E-state index in [0.29, 0.717) is 18.2 Å². The van der Waals surface area contributed by atoms with Crippen molar-refractivity contribution >= 4 is 28.3 Å². The Morgan fingerprint density at radius 2 is 2.29 bits per heavy atom. The minimum Gasteiger partial charge on any atom is -0.336 e. The SMILES string of the molecule is O=C(Nc1nccs1)C1CC(=O)N(Cc2ccccn2)C1. The van der Waals surface area contributed by atoms with E-state index in [4.69, 9.17) is 0 Å². The molecule has 1 saturated heterocycles. The summed E-state index contributed by atoms with van der Waals surface area (Å²) in [6.07, 6.45) is 3.57. The highest BCUT2D eigenvalue weighted by molar-refractivity contribution is 7.13. The summed E-state index contributed by atoms with van der Waals surface area (Å²) in [5.41, 5.74) is 0.826. The predicted octanol–water partition coefficient (Wildman–Crippen LogP) is 1.53. The number of rotatable bonds is 4. The monoisotopic (exact) mass is 302 g/mol. The second-order valence-electron chi connectivity index (χ2n) is 4.82. The lowest BCUT2D eigenvalue weighted by molar-refractivity contribution is -0.128. The molecule has 2 aromatic rings. The molecule has 0 aliphatic carbocycles. The Bertz CT molecular complexity index is 630. The first kappa shape index (κ1) is 13.7. The van der Waals surface area contributed by atoms with Gasteiger partial charge in [-0.2, -0.15) is 0 Å². The number of pyridine rings is 1. The topological polar surface area (TPSA) is 75.2 Å². The number of nitrogens with zero attached hydrogens (tertiary/aromatic N) is 3. The van der Waals surface area contributed by atoms with E-state index < -0.39 is 0 Å². The van der Waals surface area contributed by atoms with E-state index in [0.717, 1.165) is 5.69 Å². The summed E-state index contributed by atoms with van der Waals surface area (Å²) < 4.78 is 0. The van der Waals surface area contributed by atoms with E-state index in [1.807, 2.05) is 18.2 Å². The summed E-state index contributed by atoms with van der Waals surface area (Å²) in [6.45, 7) is 0.868. The number of thiazole rings is 1. The van der Waals surface area contributed by atoms with Gasteiger partial charge < -0.3 is 10.2 Å². The molecule has 6 nitrogen and oxygen atoms in total. The molecule has 3 heterocycles. The smallest absolute Gasteiger partial charge is 0.231 e. The molecule has 1 aliphatic heterocycles. The van der Waals surface area contributed by atoms with Crippen LogP contribution in [0.2, 0.25) is 0 Å². The molecule has 0 bridgehead atoms. The van der Waals surface area contributed by atoms with Crippen LogP contribution in [0.1, 0.15) is 12.1 Å². The summed E-state index contributed by atoms with van der Waals surface area (Å²) in [4.78, 5) is 34.0. The highest BCUT2D eigenvalue weighted by Crippen LogP contribution is 2.22. The molecule has 108 valence electrons. The molecule has 0 radical (unpaired) electrons. The van der Waals surface area contributed by atoms with Crippen LogP contribution >= 0.6 is 11.3 Å². The van der Waals surface area contributed by atoms with Gasteiger partial charge in [-0.25, -0.2) is 4.98 Å². The van der Waals surface area contributed by atoms with Crippen molar-refractivity contribution in [3.63, 3.8) is 0 Å². The Morgan fingerprint density at radius 1 is 1.38 bits per heavy atom. The van der Waals surface area contributed by atoms with Gasteiger partial charge in [0.2, 0.25) is 11.8 Å². The van der Waals surface area contributed by atoms with E-state index in [2.05, 4.69) is 15.3 Å². The van der Waals surface area contributed by atoms with Crippen LogP contribution in [0.5, 0.6) is 0 Å². The van der Waals surface area contributed by atoms with Crippen molar-refractivity contribution in [1.82, 2.24) is 14.9 Å². The zero-order valence-electron chi connectivity index (χ0n) is 11.2. The van der Waals surface area contributed by atoms with Crippen molar-refractivity contribution in [2.24, 2.45) is 5.92 Å². The van der Waals surface area contributed by atoms with Crippen LogP contribution in [0.25, 0.3) is 0 Å². The number of aromatic nitrogens is 2. The number of nitrogens with one attached hydrogen (secondary N) is 1. The third-order valence-corrected chi connectivity index (χ3v) is 4.02. The second kappa shape index (κ2) is 6.01. The zero-order valence-corrected chi connectivity index (χ0v) is 12.0. The average Bonchev–Trinajstić information content (AvgIpc) is 3.11. The highest BCUT2D eigenvalue weighted by Gasteiger charge is 2.34. The van der Waals surface area contributed by atoms with E-state index in [9.17, 15) is 9.59 Å². The Labute approximate surface area is 125 Å². The lowest BCUT2D eigenvalue weighted by atomic mass is 10.1. The largest absolute Gasteiger partial charge is 0.336 e. The van der Waals surface area contributed by atoms with Gasteiger partial charge in [0.15, 0.2) is 5.13 Å². The number of carbonyl (C=O) groups is 2. The van der Waals surface area contributed by atoms with Gasteiger partial charge in [-0.05, 0) is 12.1 Å². The summed E-state index contributed by atoms with van der Waals surface area (Å²) in [6, 6.07) is 5.59. The normalized spacial score (nSPS) is 18.0. The predicted molar refractivity (Wildman–Crippen MR) is 78.5 cm³/mol. The van der Waals surface area contributed by atoms with Crippen LogP contribution in [0, 0.1) is 5.92 Å². The Morgan fingerprint density at radius 3 is 3.00 bits per heavy atom. The molecule has 0 aromatic carbocycles. The maximum Gasteiger partial charge on any atom is 0.231 e. The van der Waals surface area contributed by atoms with E-state index in [-0.39, 0.29) is 24.2 Å². The summed E-state index contributed by atoms with van der Waals surface area (Å²) in [7, 11) is 0. The van der Waals surface area contributed by atoms with Crippen molar-refractivity contribution in [3.8, 4) is 0 Å². The number of likely N-dealkylation sites (tertiary alicyclic amines) is 1. The molecule has 21 heavy (non-hydrogen) atoms. The zero-order chi connectivity index (χ0) is 14.7. The van der Waals surface area contributed by atoms with Crippen LogP contribution in [0.15, 0.2) is 36.0 Å². The van der Waals surface area contributed by atoms with E-state index in [1.54, 1.807) is 22.7 Å². The fourth-order valence-corrected chi connectivity index (χ4v) is 2.81. The first-order chi connectivity index (χ1) is 10.2. The van der Waals surface area contributed by atoms with Gasteiger partial charge in [0.05, 0.1) is 18.2 Å². The van der Waals surface area contributed by atoms with Gasteiger partial charge in [0, 0.05) is 30.7 Å². The minimum absolute atomic E-state index is 0.0139. The van der Waals surface area contributed by atoms with Crippen molar-refractivity contribution < 1.29 is 9.59 Å². The minimum atomic E-state index is -0.329. The summed E-state index contributed by atoms with van der Waals surface area (Å²) in [5, 5.41) is 5.10. The van der Waals surface area contributed by atoms with Crippen molar-refractivity contribution in [2.45, 2.75) is 13.0 Å². The standard InChI is InChI=1S/C14H14N4O2S/c19-12-7-10(13(20)17-14-16-5-6-21-14)8-18(12)9-11-3-1-2-4-15-11/h1-6,10H,7-9H2,(H,16,17,20). The summed E-state index contributed by atoms with van der Waals surface area (Å²) >= 11 is 1.36. The van der Waals surface area contributed by atoms with E-state index in [1.165, 1.54) is 11.3 Å². The fourth-order valence-electron chi connectivity index (χ4n) is 2.28. The molecule has 1 atom stereocenters. The molecule has 0 saturated carbocycles. The quantitative estimate of drug-likeness (QED) is 0.929. The van der Waals surface area contributed by atoms with Gasteiger partial charge in [-0.15, -0.1) is 11.3 Å². The van der Waals surface area contributed by atoms with Gasteiger partial charge in [0.25, 0.3) is 0 Å². The number of carbonyl (C=O) groups excluding carboxylic acids is 2. The first-order valence-corrected chi connectivity index (χ1v) is 7.48. The average molecular weight is 302 g/mol. The molecular weight excluding hydrogens is 288 g/mol. The molecule has 1 unspecified atom stereocenters. The third kappa shape index (κ3) is 3.25. The van der Waals surface area contributed by atoms with E-state index >= 15 is 0 Å². The molecule has 1 N–H and O–H groups in total. The maximum atomic E-state index is 12.1. The molecule has 1 aliphatic rings. The fraction of sp³-hybridized carbons (Fsp3) is 0.286. The van der Waals surface area contributed by atoms with Gasteiger partial charge >= 0.3 is 0 Å². The number of hydrogen-bond donors (Lipinski definition) is 1. The Hall–Kier alpha value is -2.28. The number of hydrogen-bond acceptors (Lipinski definition) is 5.